The van der Waals surface area contributed by atoms with Gasteiger partial charge >= 0.3 is 0 Å². The monoisotopic (exact) mass is 458 g/mol. The molecule has 1 aliphatic rings. The Kier molecular flexibility index (Phi) is 6.01. The van der Waals surface area contributed by atoms with E-state index in [1.807, 2.05) is 38.6 Å². The number of amides is 1. The number of nitrogens with one attached hydrogen (secondary N) is 1. The molecule has 0 bridgehead atoms. The summed E-state index contributed by atoms with van der Waals surface area (Å²) in [6.07, 6.45) is 1.54. The van der Waals surface area contributed by atoms with E-state index in [4.69, 9.17) is 16.4 Å². The molecule has 4 rings (SSSR count). The van der Waals surface area contributed by atoms with Crippen LogP contribution in [0.5, 0.6) is 0 Å². The van der Waals surface area contributed by atoms with Crippen molar-refractivity contribution in [3.8, 4) is 0 Å². The zero-order valence-corrected chi connectivity index (χ0v) is 19.1. The van der Waals surface area contributed by atoms with E-state index < -0.39 is 11.9 Å². The average Bonchev–Trinajstić information content (AvgIpc) is 3.44. The number of nitrogens with zero attached hydrogens (tertiary/aromatic N) is 5. The van der Waals surface area contributed by atoms with Crippen molar-refractivity contribution in [1.29, 1.82) is 0 Å². The number of aryl methyl sites for hydroxylation is 3. The summed E-state index contributed by atoms with van der Waals surface area (Å²) in [4.78, 5) is 18.3. The van der Waals surface area contributed by atoms with Gasteiger partial charge in [0.2, 0.25) is 6.10 Å². The van der Waals surface area contributed by atoms with Crippen LogP contribution in [0.2, 0.25) is 5.02 Å². The Balaban J connectivity index is 1.45. The minimum atomic E-state index is -0.733. The summed E-state index contributed by atoms with van der Waals surface area (Å²) in [7, 11) is 0. The van der Waals surface area contributed by atoms with Crippen molar-refractivity contribution >= 4 is 28.9 Å². The summed E-state index contributed by atoms with van der Waals surface area (Å²) in [6.45, 7) is 8.69. The maximum atomic E-state index is 13.3. The molecule has 0 radical (unpaired) electrons. The second kappa shape index (κ2) is 8.74. The third-order valence-corrected chi connectivity index (χ3v) is 5.86. The third kappa shape index (κ3) is 4.25. The van der Waals surface area contributed by atoms with E-state index in [0.29, 0.717) is 35.1 Å². The van der Waals surface area contributed by atoms with Gasteiger partial charge in [-0.25, -0.2) is 4.39 Å². The molecule has 1 amide bonds. The van der Waals surface area contributed by atoms with Gasteiger partial charge in [0.25, 0.3) is 5.91 Å². The van der Waals surface area contributed by atoms with E-state index >= 15 is 0 Å². The molecule has 1 atom stereocenters. The Morgan fingerprint density at radius 3 is 2.75 bits per heavy atom. The Morgan fingerprint density at radius 1 is 1.28 bits per heavy atom. The normalized spacial score (nSPS) is 15.6. The van der Waals surface area contributed by atoms with Crippen molar-refractivity contribution in [3.63, 3.8) is 0 Å². The van der Waals surface area contributed by atoms with Crippen LogP contribution in [0.1, 0.15) is 41.6 Å². The molecule has 0 saturated heterocycles. The standard InChI is InChI=1S/C22H24ClFN6O2/c1-5-29-11-17(12(2)26-29)19-9-20(32-28-19)22(31)25-21-13(3)27-30(14(21)4)10-15-6-7-16(24)8-18(15)23/h6-8,11,20H,5,9-10H2,1-4H3,(H,25,31). The van der Waals surface area contributed by atoms with Crippen LogP contribution in [-0.4, -0.2) is 37.3 Å². The van der Waals surface area contributed by atoms with Gasteiger partial charge in [-0.3, -0.25) is 14.2 Å². The first-order valence-corrected chi connectivity index (χ1v) is 10.7. The number of hydrogen-bond donors (Lipinski definition) is 1. The van der Waals surface area contributed by atoms with Gasteiger partial charge in [0.1, 0.15) is 5.82 Å². The first-order chi connectivity index (χ1) is 15.3. The smallest absolute Gasteiger partial charge is 0.268 e. The molecule has 8 nitrogen and oxygen atoms in total. The number of oxime groups is 1. The molecule has 0 aliphatic carbocycles. The maximum Gasteiger partial charge on any atom is 0.268 e. The highest BCUT2D eigenvalue weighted by atomic mass is 35.5. The second-order valence-corrected chi connectivity index (χ2v) is 8.16. The molecular weight excluding hydrogens is 435 g/mol. The van der Waals surface area contributed by atoms with E-state index in [1.165, 1.54) is 12.1 Å². The molecule has 0 spiro atoms. The molecule has 10 heteroatoms. The molecule has 3 aromatic rings. The lowest BCUT2D eigenvalue weighted by atomic mass is 10.1. The van der Waals surface area contributed by atoms with Crippen molar-refractivity contribution in [3.05, 3.63) is 63.4 Å². The molecule has 2 aromatic heterocycles. The molecule has 1 N–H and O–H groups in total. The van der Waals surface area contributed by atoms with Gasteiger partial charge in [-0.05, 0) is 45.4 Å². The van der Waals surface area contributed by atoms with E-state index in [1.54, 1.807) is 10.7 Å². The van der Waals surface area contributed by atoms with Crippen molar-refractivity contribution in [2.45, 2.75) is 53.3 Å². The van der Waals surface area contributed by atoms with Gasteiger partial charge in [0.15, 0.2) is 0 Å². The van der Waals surface area contributed by atoms with Crippen LogP contribution in [-0.2, 0) is 22.7 Å². The topological polar surface area (TPSA) is 86.3 Å². The van der Waals surface area contributed by atoms with Gasteiger partial charge in [0, 0.05) is 29.7 Å². The second-order valence-electron chi connectivity index (χ2n) is 7.75. The van der Waals surface area contributed by atoms with Crippen LogP contribution in [0, 0.1) is 26.6 Å². The third-order valence-electron chi connectivity index (χ3n) is 5.51. The van der Waals surface area contributed by atoms with E-state index in [-0.39, 0.29) is 5.91 Å². The molecule has 32 heavy (non-hydrogen) atoms. The first-order valence-electron chi connectivity index (χ1n) is 10.3. The summed E-state index contributed by atoms with van der Waals surface area (Å²) in [6, 6.07) is 4.25. The summed E-state index contributed by atoms with van der Waals surface area (Å²) in [5.74, 6) is -0.690. The zero-order chi connectivity index (χ0) is 23.0. The number of aromatic nitrogens is 4. The number of rotatable bonds is 6. The van der Waals surface area contributed by atoms with Gasteiger partial charge in [-0.2, -0.15) is 10.2 Å². The molecular formula is C22H24ClFN6O2. The minimum Gasteiger partial charge on any atom is -0.382 e. The lowest BCUT2D eigenvalue weighted by Gasteiger charge is -2.11. The fraction of sp³-hybridized carbons (Fsp3) is 0.364. The van der Waals surface area contributed by atoms with E-state index in [9.17, 15) is 9.18 Å². The quantitative estimate of drug-likeness (QED) is 0.605. The predicted octanol–water partition coefficient (Wildman–Crippen LogP) is 4.00. The fourth-order valence-electron chi connectivity index (χ4n) is 3.69. The average molecular weight is 459 g/mol. The highest BCUT2D eigenvalue weighted by Gasteiger charge is 2.31. The lowest BCUT2D eigenvalue weighted by molar-refractivity contribution is -0.125. The Morgan fingerprint density at radius 2 is 2.06 bits per heavy atom. The van der Waals surface area contributed by atoms with Gasteiger partial charge in [0.05, 0.1) is 35.0 Å². The highest BCUT2D eigenvalue weighted by Crippen LogP contribution is 2.25. The maximum absolute atomic E-state index is 13.3. The molecule has 1 aliphatic heterocycles. The number of anilines is 1. The van der Waals surface area contributed by atoms with Gasteiger partial charge < -0.3 is 10.2 Å². The van der Waals surface area contributed by atoms with Gasteiger partial charge in [-0.15, -0.1) is 0 Å². The van der Waals surface area contributed by atoms with E-state index in [2.05, 4.69) is 20.7 Å². The summed E-state index contributed by atoms with van der Waals surface area (Å²) in [5, 5.41) is 16.3. The largest absolute Gasteiger partial charge is 0.382 e. The van der Waals surface area contributed by atoms with Crippen molar-refractivity contribution in [2.24, 2.45) is 5.16 Å². The van der Waals surface area contributed by atoms with E-state index in [0.717, 1.165) is 29.1 Å². The van der Waals surface area contributed by atoms with Crippen molar-refractivity contribution in [2.75, 3.05) is 5.32 Å². The molecule has 0 fully saturated rings. The zero-order valence-electron chi connectivity index (χ0n) is 18.3. The number of hydrogen-bond acceptors (Lipinski definition) is 5. The van der Waals surface area contributed by atoms with Crippen LogP contribution >= 0.6 is 11.6 Å². The van der Waals surface area contributed by atoms with Crippen LogP contribution in [0.15, 0.2) is 29.6 Å². The minimum absolute atomic E-state index is 0.296. The fourth-order valence-corrected chi connectivity index (χ4v) is 3.91. The first kappa shape index (κ1) is 22.0. The van der Waals surface area contributed by atoms with Crippen molar-refractivity contribution in [1.82, 2.24) is 19.6 Å². The molecule has 3 heterocycles. The highest BCUT2D eigenvalue weighted by molar-refractivity contribution is 6.31. The number of benzene rings is 1. The molecule has 0 saturated carbocycles. The number of halogens is 2. The van der Waals surface area contributed by atoms with Crippen molar-refractivity contribution < 1.29 is 14.0 Å². The summed E-state index contributed by atoms with van der Waals surface area (Å²) < 4.78 is 16.9. The van der Waals surface area contributed by atoms with Crippen LogP contribution in [0.4, 0.5) is 10.1 Å². The van der Waals surface area contributed by atoms with Crippen LogP contribution in [0.3, 0.4) is 0 Å². The summed E-state index contributed by atoms with van der Waals surface area (Å²) in [5.41, 5.74) is 5.21. The number of carbonyl (C=O) groups is 1. The van der Waals surface area contributed by atoms with Crippen LogP contribution in [0.25, 0.3) is 0 Å². The Labute approximate surface area is 190 Å². The Hall–Kier alpha value is -3.20. The predicted molar refractivity (Wildman–Crippen MR) is 120 cm³/mol. The molecule has 1 unspecified atom stereocenters. The Bertz CT molecular complexity index is 1220. The lowest BCUT2D eigenvalue weighted by Crippen LogP contribution is -2.28. The molecule has 168 valence electrons. The SMILES string of the molecule is CCn1cc(C2=NOC(C(=O)Nc3c(C)nn(Cc4ccc(F)cc4Cl)c3C)C2)c(C)n1. The van der Waals surface area contributed by atoms with Crippen LogP contribution < -0.4 is 5.32 Å². The summed E-state index contributed by atoms with van der Waals surface area (Å²) >= 11 is 6.15. The molecule has 1 aromatic carbocycles. The van der Waals surface area contributed by atoms with Gasteiger partial charge in [-0.1, -0.05) is 22.8 Å². The number of carbonyl (C=O) groups excluding carboxylic acids is 1.